The van der Waals surface area contributed by atoms with Crippen molar-refractivity contribution < 1.29 is 32.2 Å². The number of alkyl halides is 3. The molecule has 1 amide bonds. The molecule has 0 aliphatic rings. The number of hydrogen-bond donors (Lipinski definition) is 1. The van der Waals surface area contributed by atoms with Crippen LogP contribution >= 0.6 is 0 Å². The van der Waals surface area contributed by atoms with Gasteiger partial charge in [-0.15, -0.1) is 0 Å². The maximum absolute atomic E-state index is 12.6. The monoisotopic (exact) mass is 383 g/mol. The van der Waals surface area contributed by atoms with Gasteiger partial charge in [-0.25, -0.2) is 0 Å². The van der Waals surface area contributed by atoms with Crippen LogP contribution in [-0.2, 0) is 12.6 Å². The zero-order valence-electron chi connectivity index (χ0n) is 15.1. The first-order chi connectivity index (χ1) is 12.8. The molecule has 8 heteroatoms. The van der Waals surface area contributed by atoms with Gasteiger partial charge >= 0.3 is 6.18 Å². The van der Waals surface area contributed by atoms with Crippen molar-refractivity contribution in [1.82, 2.24) is 5.32 Å². The first-order valence-electron chi connectivity index (χ1n) is 8.04. The fourth-order valence-electron chi connectivity index (χ4n) is 2.51. The van der Waals surface area contributed by atoms with Crippen molar-refractivity contribution in [3.63, 3.8) is 0 Å². The van der Waals surface area contributed by atoms with E-state index in [2.05, 4.69) is 5.32 Å². The van der Waals surface area contributed by atoms with Gasteiger partial charge in [-0.1, -0.05) is 0 Å². The molecule has 0 heterocycles. The molecular formula is C19H20F3NO4. The molecule has 5 nitrogen and oxygen atoms in total. The Hall–Kier alpha value is -2.90. The van der Waals surface area contributed by atoms with E-state index in [0.717, 1.165) is 29.8 Å². The lowest BCUT2D eigenvalue weighted by Gasteiger charge is -2.14. The Balaban J connectivity index is 2.00. The average molecular weight is 383 g/mol. The number of benzene rings is 2. The van der Waals surface area contributed by atoms with Crippen LogP contribution in [0.1, 0.15) is 21.5 Å². The molecule has 0 spiro atoms. The highest BCUT2D eigenvalue weighted by Gasteiger charge is 2.30. The lowest BCUT2D eigenvalue weighted by atomic mass is 10.1. The topological polar surface area (TPSA) is 56.8 Å². The quantitative estimate of drug-likeness (QED) is 0.792. The second kappa shape index (κ2) is 8.66. The minimum atomic E-state index is -4.43. The van der Waals surface area contributed by atoms with E-state index >= 15 is 0 Å². The Morgan fingerprint density at radius 1 is 0.963 bits per heavy atom. The first-order valence-corrected chi connectivity index (χ1v) is 8.04. The molecule has 0 saturated heterocycles. The van der Waals surface area contributed by atoms with Gasteiger partial charge in [-0.2, -0.15) is 13.2 Å². The summed E-state index contributed by atoms with van der Waals surface area (Å²) in [6, 6.07) is 7.61. The van der Waals surface area contributed by atoms with E-state index < -0.39 is 17.6 Å². The number of ether oxygens (including phenoxy) is 3. The molecule has 0 bridgehead atoms. The Morgan fingerprint density at radius 2 is 1.52 bits per heavy atom. The summed E-state index contributed by atoms with van der Waals surface area (Å²) in [5.41, 5.74) is 0.210. The number of hydrogen-bond acceptors (Lipinski definition) is 4. The molecule has 146 valence electrons. The number of nitrogens with one attached hydrogen (secondary N) is 1. The van der Waals surface area contributed by atoms with E-state index in [9.17, 15) is 18.0 Å². The van der Waals surface area contributed by atoms with E-state index in [-0.39, 0.29) is 5.56 Å². The van der Waals surface area contributed by atoms with E-state index in [4.69, 9.17) is 14.2 Å². The predicted octanol–water partition coefficient (Wildman–Crippen LogP) is 3.70. The SMILES string of the molecule is COc1cc(CCNC(=O)c2ccc(C(F)(F)F)cc2)cc(OC)c1OC. The molecule has 2 aromatic rings. The fraction of sp³-hybridized carbons (Fsp3) is 0.316. The second-order valence-corrected chi connectivity index (χ2v) is 5.61. The van der Waals surface area contributed by atoms with E-state index in [0.29, 0.717) is 30.2 Å². The van der Waals surface area contributed by atoms with Crippen molar-refractivity contribution >= 4 is 5.91 Å². The minimum Gasteiger partial charge on any atom is -0.493 e. The van der Waals surface area contributed by atoms with Gasteiger partial charge in [-0.05, 0) is 48.4 Å². The van der Waals surface area contributed by atoms with Gasteiger partial charge in [0.2, 0.25) is 5.75 Å². The Kier molecular flexibility index (Phi) is 6.55. The van der Waals surface area contributed by atoms with Crippen LogP contribution in [0.2, 0.25) is 0 Å². The molecule has 27 heavy (non-hydrogen) atoms. The molecule has 0 saturated carbocycles. The number of carbonyl (C=O) groups is 1. The zero-order valence-corrected chi connectivity index (χ0v) is 15.1. The molecule has 0 fully saturated rings. The molecule has 0 atom stereocenters. The van der Waals surface area contributed by atoms with E-state index in [1.165, 1.54) is 21.3 Å². The van der Waals surface area contributed by atoms with Gasteiger partial charge in [0.05, 0.1) is 26.9 Å². The van der Waals surface area contributed by atoms with Crippen LogP contribution < -0.4 is 19.5 Å². The largest absolute Gasteiger partial charge is 0.493 e. The second-order valence-electron chi connectivity index (χ2n) is 5.61. The summed E-state index contributed by atoms with van der Waals surface area (Å²) in [5.74, 6) is 1.02. The van der Waals surface area contributed by atoms with Crippen molar-refractivity contribution in [2.75, 3.05) is 27.9 Å². The summed E-state index contributed by atoms with van der Waals surface area (Å²) in [6.45, 7) is 0.290. The van der Waals surface area contributed by atoms with Gasteiger partial charge in [0.25, 0.3) is 5.91 Å². The molecule has 0 aliphatic carbocycles. The highest BCUT2D eigenvalue weighted by Crippen LogP contribution is 2.38. The van der Waals surface area contributed by atoms with Crippen molar-refractivity contribution in [3.05, 3.63) is 53.1 Å². The molecule has 0 radical (unpaired) electrons. The van der Waals surface area contributed by atoms with E-state index in [1.54, 1.807) is 12.1 Å². The maximum Gasteiger partial charge on any atom is 0.416 e. The zero-order chi connectivity index (χ0) is 20.0. The van der Waals surface area contributed by atoms with Crippen LogP contribution in [0.15, 0.2) is 36.4 Å². The minimum absolute atomic E-state index is 0.160. The highest BCUT2D eigenvalue weighted by atomic mass is 19.4. The Labute approximate surface area is 155 Å². The van der Waals surface area contributed by atoms with Crippen LogP contribution in [-0.4, -0.2) is 33.8 Å². The van der Waals surface area contributed by atoms with Crippen molar-refractivity contribution in [2.24, 2.45) is 0 Å². The van der Waals surface area contributed by atoms with Crippen molar-refractivity contribution in [2.45, 2.75) is 12.6 Å². The molecule has 0 aromatic heterocycles. The predicted molar refractivity (Wildman–Crippen MR) is 93.6 cm³/mol. The van der Waals surface area contributed by atoms with Crippen molar-refractivity contribution in [1.29, 1.82) is 0 Å². The molecule has 2 rings (SSSR count). The molecule has 0 unspecified atom stereocenters. The van der Waals surface area contributed by atoms with Crippen LogP contribution in [0.5, 0.6) is 17.2 Å². The maximum atomic E-state index is 12.6. The van der Waals surface area contributed by atoms with Gasteiger partial charge in [0.1, 0.15) is 0 Å². The van der Waals surface area contributed by atoms with Gasteiger partial charge in [0, 0.05) is 12.1 Å². The summed E-state index contributed by atoms with van der Waals surface area (Å²) < 4.78 is 53.5. The van der Waals surface area contributed by atoms with Crippen LogP contribution in [0.25, 0.3) is 0 Å². The third kappa shape index (κ3) is 5.06. The Morgan fingerprint density at radius 3 is 1.96 bits per heavy atom. The number of amides is 1. The van der Waals surface area contributed by atoms with Gasteiger partial charge in [-0.3, -0.25) is 4.79 Å². The fourth-order valence-corrected chi connectivity index (χ4v) is 2.51. The molecule has 0 aliphatic heterocycles. The number of methoxy groups -OCH3 is 3. The van der Waals surface area contributed by atoms with Crippen LogP contribution in [0.3, 0.4) is 0 Å². The van der Waals surface area contributed by atoms with Crippen molar-refractivity contribution in [3.8, 4) is 17.2 Å². The number of rotatable bonds is 7. The first kappa shape index (κ1) is 20.4. The smallest absolute Gasteiger partial charge is 0.416 e. The standard InChI is InChI=1S/C19H20F3NO4/c1-25-15-10-12(11-16(26-2)17(15)27-3)8-9-23-18(24)13-4-6-14(7-5-13)19(20,21)22/h4-7,10-11H,8-9H2,1-3H3,(H,23,24). The number of halogens is 3. The third-order valence-electron chi connectivity index (χ3n) is 3.90. The molecular weight excluding hydrogens is 363 g/mol. The normalized spacial score (nSPS) is 11.0. The highest BCUT2D eigenvalue weighted by molar-refractivity contribution is 5.94. The third-order valence-corrected chi connectivity index (χ3v) is 3.90. The summed E-state index contributed by atoms with van der Waals surface area (Å²) in [4.78, 5) is 12.1. The summed E-state index contributed by atoms with van der Waals surface area (Å²) >= 11 is 0. The van der Waals surface area contributed by atoms with Crippen LogP contribution in [0, 0.1) is 0 Å². The van der Waals surface area contributed by atoms with Gasteiger partial charge < -0.3 is 19.5 Å². The lowest BCUT2D eigenvalue weighted by molar-refractivity contribution is -0.137. The van der Waals surface area contributed by atoms with Crippen LogP contribution in [0.4, 0.5) is 13.2 Å². The lowest BCUT2D eigenvalue weighted by Crippen LogP contribution is -2.25. The average Bonchev–Trinajstić information content (AvgIpc) is 2.66. The number of carbonyl (C=O) groups excluding carboxylic acids is 1. The Bertz CT molecular complexity index is 764. The van der Waals surface area contributed by atoms with E-state index in [1.807, 2.05) is 0 Å². The summed E-state index contributed by atoms with van der Waals surface area (Å²) in [6.07, 6.45) is -3.95. The molecule has 2 aromatic carbocycles. The van der Waals surface area contributed by atoms with Gasteiger partial charge in [0.15, 0.2) is 11.5 Å². The molecule has 1 N–H and O–H groups in total. The summed E-state index contributed by atoms with van der Waals surface area (Å²) in [7, 11) is 4.52. The summed E-state index contributed by atoms with van der Waals surface area (Å²) in [5, 5.41) is 2.68.